The van der Waals surface area contributed by atoms with Crippen LogP contribution in [0.5, 0.6) is 0 Å². The maximum Gasteiger partial charge on any atom is 0.329 e. The number of piperidine rings is 1. The van der Waals surface area contributed by atoms with Gasteiger partial charge >= 0.3 is 5.69 Å². The lowest BCUT2D eigenvalue weighted by Crippen LogP contribution is -2.40. The largest absolute Gasteiger partial charge is 0.375 e. The number of nitrogens with one attached hydrogen (secondary N) is 2. The standard InChI is InChI=1S/C27H29N7O3/c1-15(2)16(3)33-11-9-19(10-12-33)34-25-20(26(36)32-27(34)37)14-28-22-7-6-21(31-24(22)25)18-5-8-23(29-13-18)30-17(4)35/h5-8,13-15,19H,3,9-12H2,1-2,4H3,(H,29,30,35)(H,32,36,37). The smallest absolute Gasteiger partial charge is 0.329 e. The van der Waals surface area contributed by atoms with Crippen LogP contribution >= 0.6 is 0 Å². The zero-order valence-corrected chi connectivity index (χ0v) is 21.1. The van der Waals surface area contributed by atoms with Gasteiger partial charge in [-0.15, -0.1) is 0 Å². The molecule has 1 saturated heterocycles. The number of allylic oxidation sites excluding steroid dienone is 1. The Morgan fingerprint density at radius 2 is 1.86 bits per heavy atom. The normalized spacial score (nSPS) is 14.4. The number of amides is 1. The van der Waals surface area contributed by atoms with Crippen molar-refractivity contribution in [3.05, 3.63) is 69.8 Å². The van der Waals surface area contributed by atoms with Gasteiger partial charge in [0.25, 0.3) is 5.56 Å². The van der Waals surface area contributed by atoms with E-state index in [1.165, 1.54) is 13.1 Å². The number of H-pyrrole nitrogens is 1. The fraction of sp³-hybridized carbons (Fsp3) is 0.333. The predicted octanol–water partition coefficient (Wildman–Crippen LogP) is 3.46. The highest BCUT2D eigenvalue weighted by molar-refractivity contribution is 6.01. The van der Waals surface area contributed by atoms with Gasteiger partial charge in [0.2, 0.25) is 5.91 Å². The molecule has 5 heterocycles. The van der Waals surface area contributed by atoms with Gasteiger partial charge in [0.05, 0.1) is 22.1 Å². The fourth-order valence-corrected chi connectivity index (χ4v) is 4.87. The van der Waals surface area contributed by atoms with Gasteiger partial charge in [0, 0.05) is 49.7 Å². The van der Waals surface area contributed by atoms with Crippen LogP contribution in [0.2, 0.25) is 0 Å². The first kappa shape index (κ1) is 24.4. The second-order valence-electron chi connectivity index (χ2n) is 9.69. The number of pyridine rings is 3. The summed E-state index contributed by atoms with van der Waals surface area (Å²) >= 11 is 0. The van der Waals surface area contributed by atoms with Gasteiger partial charge in [-0.05, 0) is 43.0 Å². The Bertz CT molecular complexity index is 1630. The van der Waals surface area contributed by atoms with Crippen LogP contribution in [0.25, 0.3) is 33.2 Å². The number of likely N-dealkylation sites (tertiary alicyclic amines) is 1. The third-order valence-electron chi connectivity index (χ3n) is 6.88. The Hall–Kier alpha value is -4.34. The Morgan fingerprint density at radius 3 is 2.51 bits per heavy atom. The van der Waals surface area contributed by atoms with Crippen LogP contribution in [0, 0.1) is 5.92 Å². The van der Waals surface area contributed by atoms with Gasteiger partial charge in [-0.25, -0.2) is 14.8 Å². The van der Waals surface area contributed by atoms with Crippen molar-refractivity contribution in [1.29, 1.82) is 0 Å². The molecule has 190 valence electrons. The highest BCUT2D eigenvalue weighted by atomic mass is 16.2. The Labute approximate surface area is 213 Å². The van der Waals surface area contributed by atoms with E-state index in [1.807, 2.05) is 18.2 Å². The second-order valence-corrected chi connectivity index (χ2v) is 9.69. The quantitative estimate of drug-likeness (QED) is 0.403. The number of aromatic nitrogens is 5. The number of carbonyl (C=O) groups excluding carboxylic acids is 1. The second kappa shape index (κ2) is 9.61. The number of nitrogens with zero attached hydrogens (tertiary/aromatic N) is 5. The van der Waals surface area contributed by atoms with Crippen molar-refractivity contribution in [2.24, 2.45) is 5.92 Å². The van der Waals surface area contributed by atoms with Gasteiger partial charge < -0.3 is 10.2 Å². The summed E-state index contributed by atoms with van der Waals surface area (Å²) in [6, 6.07) is 7.05. The van der Waals surface area contributed by atoms with Crippen molar-refractivity contribution in [2.75, 3.05) is 18.4 Å². The molecule has 1 aliphatic heterocycles. The van der Waals surface area contributed by atoms with E-state index in [2.05, 4.69) is 45.6 Å². The minimum absolute atomic E-state index is 0.0993. The predicted molar refractivity (Wildman–Crippen MR) is 143 cm³/mol. The first-order valence-corrected chi connectivity index (χ1v) is 12.3. The fourth-order valence-electron chi connectivity index (χ4n) is 4.87. The number of carbonyl (C=O) groups is 1. The van der Waals surface area contributed by atoms with Crippen molar-refractivity contribution in [1.82, 2.24) is 29.4 Å². The zero-order valence-electron chi connectivity index (χ0n) is 21.1. The van der Waals surface area contributed by atoms with Crippen molar-refractivity contribution < 1.29 is 4.79 Å². The molecule has 0 unspecified atom stereocenters. The number of rotatable bonds is 5. The van der Waals surface area contributed by atoms with Crippen LogP contribution in [-0.2, 0) is 4.79 Å². The summed E-state index contributed by atoms with van der Waals surface area (Å²) in [5.74, 6) is 0.591. The molecule has 5 rings (SSSR count). The molecule has 10 heteroatoms. The van der Waals surface area contributed by atoms with E-state index in [0.717, 1.165) is 37.2 Å². The van der Waals surface area contributed by atoms with Crippen LogP contribution in [0.1, 0.15) is 39.7 Å². The highest BCUT2D eigenvalue weighted by Crippen LogP contribution is 2.30. The van der Waals surface area contributed by atoms with Gasteiger partial charge in [0.1, 0.15) is 11.3 Å². The topological polar surface area (TPSA) is 126 Å². The summed E-state index contributed by atoms with van der Waals surface area (Å²) in [6.45, 7) is 11.5. The monoisotopic (exact) mass is 499 g/mol. The Morgan fingerprint density at radius 1 is 1.11 bits per heavy atom. The molecular weight excluding hydrogens is 470 g/mol. The summed E-state index contributed by atoms with van der Waals surface area (Å²) < 4.78 is 1.69. The molecule has 4 aromatic heterocycles. The Balaban J connectivity index is 1.61. The van der Waals surface area contributed by atoms with Crippen molar-refractivity contribution in [3.8, 4) is 11.3 Å². The first-order chi connectivity index (χ1) is 17.7. The molecule has 0 atom stereocenters. The van der Waals surface area contributed by atoms with Crippen LogP contribution in [0.4, 0.5) is 5.82 Å². The van der Waals surface area contributed by atoms with Crippen LogP contribution < -0.4 is 16.6 Å². The highest BCUT2D eigenvalue weighted by Gasteiger charge is 2.26. The number of hydrogen-bond donors (Lipinski definition) is 2. The van der Waals surface area contributed by atoms with E-state index in [4.69, 9.17) is 4.98 Å². The summed E-state index contributed by atoms with van der Waals surface area (Å²) in [5.41, 5.74) is 3.07. The summed E-state index contributed by atoms with van der Waals surface area (Å²) in [6.07, 6.45) is 4.61. The molecule has 0 radical (unpaired) electrons. The molecule has 0 spiro atoms. The number of fused-ring (bicyclic) bond motifs is 3. The lowest BCUT2D eigenvalue weighted by molar-refractivity contribution is -0.114. The number of anilines is 1. The zero-order chi connectivity index (χ0) is 26.3. The lowest BCUT2D eigenvalue weighted by atomic mass is 10.0. The maximum absolute atomic E-state index is 13.2. The van der Waals surface area contributed by atoms with Gasteiger partial charge in [-0.3, -0.25) is 24.1 Å². The SMILES string of the molecule is C=C(C(C)C)N1CCC(n2c(=O)[nH]c(=O)c3cnc4ccc(-c5ccc(NC(C)=O)nc5)nc4c32)CC1. The summed E-state index contributed by atoms with van der Waals surface area (Å²) in [5, 5.41) is 2.97. The maximum atomic E-state index is 13.2. The van der Waals surface area contributed by atoms with Crippen molar-refractivity contribution in [3.63, 3.8) is 0 Å². The number of aromatic amines is 1. The molecular formula is C27H29N7O3. The summed E-state index contributed by atoms with van der Waals surface area (Å²) in [4.78, 5) is 55.6. The van der Waals surface area contributed by atoms with E-state index in [9.17, 15) is 14.4 Å². The molecule has 0 aliphatic carbocycles. The van der Waals surface area contributed by atoms with E-state index >= 15 is 0 Å². The average molecular weight is 500 g/mol. The van der Waals surface area contributed by atoms with Crippen LogP contribution in [0.15, 0.2) is 58.5 Å². The van der Waals surface area contributed by atoms with Gasteiger partial charge in [0.15, 0.2) is 0 Å². The molecule has 1 amide bonds. The molecule has 0 bridgehead atoms. The van der Waals surface area contributed by atoms with Crippen LogP contribution in [-0.4, -0.2) is 48.4 Å². The average Bonchev–Trinajstić information content (AvgIpc) is 2.88. The van der Waals surface area contributed by atoms with E-state index in [1.54, 1.807) is 16.8 Å². The van der Waals surface area contributed by atoms with Gasteiger partial charge in [-0.2, -0.15) is 0 Å². The molecule has 2 N–H and O–H groups in total. The third kappa shape index (κ3) is 4.62. The Kier molecular flexibility index (Phi) is 6.32. The summed E-state index contributed by atoms with van der Waals surface area (Å²) in [7, 11) is 0. The third-order valence-corrected chi connectivity index (χ3v) is 6.88. The van der Waals surface area contributed by atoms with Crippen molar-refractivity contribution in [2.45, 2.75) is 39.7 Å². The van der Waals surface area contributed by atoms with Crippen molar-refractivity contribution >= 4 is 33.7 Å². The van der Waals surface area contributed by atoms with Crippen LogP contribution in [0.3, 0.4) is 0 Å². The molecule has 10 nitrogen and oxygen atoms in total. The van der Waals surface area contributed by atoms with E-state index in [0.29, 0.717) is 39.4 Å². The van der Waals surface area contributed by atoms with E-state index in [-0.39, 0.29) is 11.9 Å². The molecule has 0 saturated carbocycles. The first-order valence-electron chi connectivity index (χ1n) is 12.3. The van der Waals surface area contributed by atoms with E-state index < -0.39 is 11.2 Å². The molecule has 1 fully saturated rings. The number of hydrogen-bond acceptors (Lipinski definition) is 7. The molecule has 0 aromatic carbocycles. The minimum atomic E-state index is -0.482. The molecule has 37 heavy (non-hydrogen) atoms. The lowest BCUT2D eigenvalue weighted by Gasteiger charge is -2.37. The molecule has 4 aromatic rings. The minimum Gasteiger partial charge on any atom is -0.375 e. The van der Waals surface area contributed by atoms with Gasteiger partial charge in [-0.1, -0.05) is 20.4 Å². The molecule has 1 aliphatic rings.